The Labute approximate surface area is 199 Å². The fraction of sp³-hybridized carbons (Fsp3) is 0.154. The number of aryl methyl sites for hydroxylation is 1. The summed E-state index contributed by atoms with van der Waals surface area (Å²) in [5, 5.41) is 2.73. The highest BCUT2D eigenvalue weighted by atomic mass is 32.2. The molecule has 3 aromatic carbocycles. The molecule has 0 spiro atoms. The minimum atomic E-state index is -3.67. The number of amides is 1. The molecule has 0 radical (unpaired) electrons. The molecule has 0 atom stereocenters. The van der Waals surface area contributed by atoms with Crippen molar-refractivity contribution in [2.45, 2.75) is 6.92 Å². The van der Waals surface area contributed by atoms with Gasteiger partial charge in [-0.1, -0.05) is 42.2 Å². The zero-order valence-corrected chi connectivity index (χ0v) is 19.8. The summed E-state index contributed by atoms with van der Waals surface area (Å²) in [6.07, 6.45) is 1.07. The van der Waals surface area contributed by atoms with E-state index in [2.05, 4.69) is 17.2 Å². The molecule has 3 aromatic rings. The van der Waals surface area contributed by atoms with Crippen LogP contribution in [0.1, 0.15) is 27.0 Å². The van der Waals surface area contributed by atoms with Gasteiger partial charge < -0.3 is 10.1 Å². The lowest BCUT2D eigenvalue weighted by Gasteiger charge is -2.23. The summed E-state index contributed by atoms with van der Waals surface area (Å²) in [5.74, 6) is 5.06. The van der Waals surface area contributed by atoms with Crippen LogP contribution in [-0.4, -0.2) is 40.2 Å². The Kier molecular flexibility index (Phi) is 7.71. The number of nitrogens with zero attached hydrogens (tertiary/aromatic N) is 1. The zero-order chi connectivity index (χ0) is 24.7. The standard InChI is InChI=1S/C26H24N2O5S/c1-19-8-4-5-13-24(19)28(34(3,31)32)18-25(29)27-23-12-7-10-21(17-23)15-14-20-9-6-11-22(16-20)26(30)33-2/h4-13,16-17H,18H2,1-3H3,(H,27,29). The molecule has 0 aliphatic heterocycles. The third-order valence-electron chi connectivity index (χ3n) is 4.85. The van der Waals surface area contributed by atoms with Crippen molar-refractivity contribution in [2.75, 3.05) is 29.5 Å². The maximum atomic E-state index is 12.7. The molecule has 0 aliphatic rings. The van der Waals surface area contributed by atoms with Crippen molar-refractivity contribution in [1.29, 1.82) is 0 Å². The van der Waals surface area contributed by atoms with Gasteiger partial charge in [0.15, 0.2) is 0 Å². The van der Waals surface area contributed by atoms with Crippen LogP contribution in [0.25, 0.3) is 0 Å². The molecule has 34 heavy (non-hydrogen) atoms. The van der Waals surface area contributed by atoms with Crippen molar-refractivity contribution in [2.24, 2.45) is 0 Å². The SMILES string of the molecule is COC(=O)c1cccc(C#Cc2cccc(NC(=O)CN(c3ccccc3C)S(C)(=O)=O)c2)c1. The maximum Gasteiger partial charge on any atom is 0.337 e. The fourth-order valence-corrected chi connectivity index (χ4v) is 4.13. The molecule has 174 valence electrons. The molecular weight excluding hydrogens is 452 g/mol. The maximum absolute atomic E-state index is 12.7. The summed E-state index contributed by atoms with van der Waals surface area (Å²) in [5.41, 5.74) is 3.36. The molecule has 0 heterocycles. The Morgan fingerprint density at radius 3 is 2.24 bits per heavy atom. The van der Waals surface area contributed by atoms with E-state index in [1.807, 2.05) is 0 Å². The largest absolute Gasteiger partial charge is 0.465 e. The van der Waals surface area contributed by atoms with Crippen LogP contribution < -0.4 is 9.62 Å². The number of hydrogen-bond acceptors (Lipinski definition) is 5. The minimum Gasteiger partial charge on any atom is -0.465 e. The average Bonchev–Trinajstić information content (AvgIpc) is 2.81. The predicted octanol–water partition coefficient (Wildman–Crippen LogP) is 3.59. The Morgan fingerprint density at radius 2 is 1.59 bits per heavy atom. The molecule has 0 unspecified atom stereocenters. The summed E-state index contributed by atoms with van der Waals surface area (Å²) in [4.78, 5) is 24.4. The van der Waals surface area contributed by atoms with Gasteiger partial charge in [-0.2, -0.15) is 0 Å². The number of hydrogen-bond donors (Lipinski definition) is 1. The summed E-state index contributed by atoms with van der Waals surface area (Å²) in [6, 6.07) is 20.6. The van der Waals surface area contributed by atoms with Crippen molar-refractivity contribution in [1.82, 2.24) is 0 Å². The third kappa shape index (κ3) is 6.47. The van der Waals surface area contributed by atoms with Crippen LogP contribution in [0.2, 0.25) is 0 Å². The van der Waals surface area contributed by atoms with E-state index >= 15 is 0 Å². The van der Waals surface area contributed by atoms with E-state index in [1.54, 1.807) is 79.7 Å². The number of esters is 1. The van der Waals surface area contributed by atoms with Gasteiger partial charge in [-0.3, -0.25) is 9.10 Å². The number of nitrogens with one attached hydrogen (secondary N) is 1. The van der Waals surface area contributed by atoms with Crippen LogP contribution in [0.15, 0.2) is 72.8 Å². The van der Waals surface area contributed by atoms with Crippen LogP contribution in [0.4, 0.5) is 11.4 Å². The summed E-state index contributed by atoms with van der Waals surface area (Å²) in [6.45, 7) is 1.42. The molecule has 7 nitrogen and oxygen atoms in total. The number of ether oxygens (including phenoxy) is 1. The molecule has 0 saturated carbocycles. The Morgan fingerprint density at radius 1 is 0.941 bits per heavy atom. The van der Waals surface area contributed by atoms with Crippen LogP contribution in [0.3, 0.4) is 0 Å². The first-order valence-corrected chi connectivity index (χ1v) is 12.2. The number of carbonyl (C=O) groups excluding carboxylic acids is 2. The van der Waals surface area contributed by atoms with Crippen LogP contribution >= 0.6 is 0 Å². The van der Waals surface area contributed by atoms with E-state index in [9.17, 15) is 18.0 Å². The van der Waals surface area contributed by atoms with Gasteiger partial charge in [0, 0.05) is 16.8 Å². The summed E-state index contributed by atoms with van der Waals surface area (Å²) < 4.78 is 30.5. The van der Waals surface area contributed by atoms with Crippen molar-refractivity contribution in [3.8, 4) is 11.8 Å². The zero-order valence-electron chi connectivity index (χ0n) is 19.0. The highest BCUT2D eigenvalue weighted by Crippen LogP contribution is 2.22. The third-order valence-corrected chi connectivity index (χ3v) is 5.98. The summed E-state index contributed by atoms with van der Waals surface area (Å²) in [7, 11) is -2.35. The normalized spacial score (nSPS) is 10.6. The Bertz CT molecular complexity index is 1390. The minimum absolute atomic E-state index is 0.361. The monoisotopic (exact) mass is 476 g/mol. The van der Waals surface area contributed by atoms with Crippen LogP contribution in [0.5, 0.6) is 0 Å². The molecule has 3 rings (SSSR count). The first-order chi connectivity index (χ1) is 16.2. The molecule has 0 bridgehead atoms. The van der Waals surface area contributed by atoms with Crippen molar-refractivity contribution in [3.63, 3.8) is 0 Å². The van der Waals surface area contributed by atoms with E-state index in [0.29, 0.717) is 28.1 Å². The molecule has 0 aromatic heterocycles. The quantitative estimate of drug-likeness (QED) is 0.434. The van der Waals surface area contributed by atoms with Gasteiger partial charge in [0.1, 0.15) is 6.54 Å². The van der Waals surface area contributed by atoms with E-state index in [-0.39, 0.29) is 6.54 Å². The van der Waals surface area contributed by atoms with E-state index in [1.165, 1.54) is 7.11 Å². The molecule has 0 aliphatic carbocycles. The second kappa shape index (κ2) is 10.7. The topological polar surface area (TPSA) is 92.8 Å². The molecular formula is C26H24N2O5S. The number of para-hydroxylation sites is 1. The highest BCUT2D eigenvalue weighted by molar-refractivity contribution is 7.92. The number of methoxy groups -OCH3 is 1. The fourth-order valence-electron chi connectivity index (χ4n) is 3.22. The van der Waals surface area contributed by atoms with E-state index in [4.69, 9.17) is 4.74 Å². The van der Waals surface area contributed by atoms with E-state index < -0.39 is 21.9 Å². The number of benzene rings is 3. The number of rotatable bonds is 6. The highest BCUT2D eigenvalue weighted by Gasteiger charge is 2.22. The van der Waals surface area contributed by atoms with Crippen molar-refractivity contribution >= 4 is 33.3 Å². The second-order valence-electron chi connectivity index (χ2n) is 7.51. The van der Waals surface area contributed by atoms with Gasteiger partial charge in [0.25, 0.3) is 0 Å². The molecule has 0 fully saturated rings. The molecule has 0 saturated heterocycles. The number of anilines is 2. The van der Waals surface area contributed by atoms with Gasteiger partial charge in [-0.25, -0.2) is 13.2 Å². The number of sulfonamides is 1. The first-order valence-electron chi connectivity index (χ1n) is 10.3. The van der Waals surface area contributed by atoms with Crippen LogP contribution in [0, 0.1) is 18.8 Å². The van der Waals surface area contributed by atoms with Gasteiger partial charge >= 0.3 is 5.97 Å². The molecule has 1 amide bonds. The van der Waals surface area contributed by atoms with Gasteiger partial charge in [-0.05, 0) is 55.0 Å². The van der Waals surface area contributed by atoms with Crippen molar-refractivity contribution in [3.05, 3.63) is 95.1 Å². The second-order valence-corrected chi connectivity index (χ2v) is 9.41. The Hall–Kier alpha value is -4.09. The average molecular weight is 477 g/mol. The van der Waals surface area contributed by atoms with Crippen molar-refractivity contribution < 1.29 is 22.7 Å². The Balaban J connectivity index is 1.76. The summed E-state index contributed by atoms with van der Waals surface area (Å²) >= 11 is 0. The molecule has 1 N–H and O–H groups in total. The predicted molar refractivity (Wildman–Crippen MR) is 132 cm³/mol. The molecule has 8 heteroatoms. The lowest BCUT2D eigenvalue weighted by molar-refractivity contribution is -0.114. The first kappa shape index (κ1) is 24.6. The van der Waals surface area contributed by atoms with Gasteiger partial charge in [0.05, 0.1) is 24.6 Å². The lowest BCUT2D eigenvalue weighted by Crippen LogP contribution is -2.37. The smallest absolute Gasteiger partial charge is 0.337 e. The van der Waals surface area contributed by atoms with Crippen LogP contribution in [-0.2, 0) is 19.6 Å². The lowest BCUT2D eigenvalue weighted by atomic mass is 10.1. The number of carbonyl (C=O) groups is 2. The van der Waals surface area contributed by atoms with Gasteiger partial charge in [-0.15, -0.1) is 0 Å². The van der Waals surface area contributed by atoms with Gasteiger partial charge in [0.2, 0.25) is 15.9 Å². The van der Waals surface area contributed by atoms with E-state index in [0.717, 1.165) is 16.1 Å².